The van der Waals surface area contributed by atoms with Gasteiger partial charge in [-0.25, -0.2) is 4.79 Å². The normalized spacial score (nSPS) is 15.1. The van der Waals surface area contributed by atoms with Crippen molar-refractivity contribution in [2.45, 2.75) is 5.92 Å². The summed E-state index contributed by atoms with van der Waals surface area (Å²) in [5.74, 6) is -0.0404. The van der Waals surface area contributed by atoms with E-state index in [9.17, 15) is 22.5 Å². The van der Waals surface area contributed by atoms with Gasteiger partial charge in [0.15, 0.2) is 0 Å². The molecule has 0 atom stereocenters. The average Bonchev–Trinajstić information content (AvgIpc) is 3.20. The molecule has 1 fully saturated rings. The number of carbonyl (C=O) groups excluding carboxylic acids is 2. The molecule has 1 aliphatic carbocycles. The summed E-state index contributed by atoms with van der Waals surface area (Å²) in [6, 6.07) is 19.6. The number of rotatable bonds is 5. The number of nitrogens with zero attached hydrogens (tertiary/aromatic N) is 2. The van der Waals surface area contributed by atoms with E-state index in [1.54, 1.807) is 9.80 Å². The van der Waals surface area contributed by atoms with Crippen LogP contribution in [0.5, 0.6) is 0 Å². The van der Waals surface area contributed by atoms with Crippen LogP contribution in [0, 0.1) is 0 Å². The number of hydrogen-bond donors (Lipinski definition) is 0. The van der Waals surface area contributed by atoms with Gasteiger partial charge in [0, 0.05) is 43.3 Å². The van der Waals surface area contributed by atoms with Crippen molar-refractivity contribution >= 4 is 30.5 Å². The van der Waals surface area contributed by atoms with E-state index in [1.807, 2.05) is 24.3 Å². The Morgan fingerprint density at radius 1 is 0.917 bits per heavy atom. The summed E-state index contributed by atoms with van der Waals surface area (Å²) in [5, 5.41) is 0. The van der Waals surface area contributed by atoms with E-state index in [0.29, 0.717) is 38.2 Å². The summed E-state index contributed by atoms with van der Waals surface area (Å²) < 4.78 is 45.5. The van der Waals surface area contributed by atoms with Crippen molar-refractivity contribution in [2.75, 3.05) is 37.7 Å². The molecule has 1 heterocycles. The standard InChI is InChI=1S/C26H23BF3N2O3.K/c28-27(29,30)19-13-18(16-33)14-20(15-19)31-9-11-32(12-10-31)26(34)35-17-25-23-7-3-1-5-21(23)22-6-2-4-8-24(22)25;/h1-8,13-16,25H,9-12,17H2;/q-1;+1. The van der Waals surface area contributed by atoms with Crippen molar-refractivity contribution in [3.05, 3.63) is 83.4 Å². The number of hydrogen-bond acceptors (Lipinski definition) is 4. The van der Waals surface area contributed by atoms with Crippen LogP contribution in [-0.2, 0) is 4.74 Å². The van der Waals surface area contributed by atoms with Crippen LogP contribution in [0.3, 0.4) is 0 Å². The van der Waals surface area contributed by atoms with E-state index >= 15 is 0 Å². The van der Waals surface area contributed by atoms with Crippen LogP contribution in [-0.4, -0.2) is 57.0 Å². The zero-order valence-corrected chi connectivity index (χ0v) is 23.0. The van der Waals surface area contributed by atoms with Crippen molar-refractivity contribution in [3.63, 3.8) is 0 Å². The van der Waals surface area contributed by atoms with Crippen LogP contribution in [0.25, 0.3) is 11.1 Å². The van der Waals surface area contributed by atoms with E-state index in [1.165, 1.54) is 6.07 Å². The fraction of sp³-hybridized carbons (Fsp3) is 0.231. The summed E-state index contributed by atoms with van der Waals surface area (Å²) in [5.41, 5.74) is 4.06. The van der Waals surface area contributed by atoms with Crippen LogP contribution in [0.4, 0.5) is 23.4 Å². The average molecular weight is 518 g/mol. The maximum atomic E-state index is 13.3. The zero-order valence-electron chi connectivity index (χ0n) is 19.9. The van der Waals surface area contributed by atoms with Gasteiger partial charge >= 0.3 is 64.5 Å². The smallest absolute Gasteiger partial charge is 0.448 e. The molecule has 1 saturated heterocycles. The Bertz CT molecular complexity index is 1230. The fourth-order valence-electron chi connectivity index (χ4n) is 4.93. The predicted molar refractivity (Wildman–Crippen MR) is 129 cm³/mol. The van der Waals surface area contributed by atoms with Gasteiger partial charge in [-0.2, -0.15) is 0 Å². The number of anilines is 1. The molecule has 0 unspecified atom stereocenters. The number of fused-ring (bicyclic) bond motifs is 3. The third kappa shape index (κ3) is 5.43. The molecule has 5 nitrogen and oxygen atoms in total. The molecule has 0 saturated carbocycles. The molecule has 5 rings (SSSR count). The van der Waals surface area contributed by atoms with Gasteiger partial charge in [-0.05, 0) is 28.3 Å². The van der Waals surface area contributed by atoms with Crippen LogP contribution < -0.4 is 61.7 Å². The minimum Gasteiger partial charge on any atom is -0.448 e. The number of amides is 1. The topological polar surface area (TPSA) is 49.9 Å². The first kappa shape index (κ1) is 26.9. The van der Waals surface area contributed by atoms with E-state index < -0.39 is 18.5 Å². The molecule has 3 aromatic rings. The van der Waals surface area contributed by atoms with Gasteiger partial charge in [-0.15, -0.1) is 5.46 Å². The summed E-state index contributed by atoms with van der Waals surface area (Å²) in [7, 11) is 0. The SMILES string of the molecule is O=Cc1cc(N2CCN(C(=O)OCC3c4ccccc4-c4ccccc43)CC2)cc([B-](F)(F)F)c1.[K+]. The molecule has 2 aliphatic rings. The third-order valence-electron chi connectivity index (χ3n) is 6.72. The predicted octanol–water partition coefficient (Wildman–Crippen LogP) is 1.63. The van der Waals surface area contributed by atoms with Crippen molar-refractivity contribution in [1.29, 1.82) is 0 Å². The monoisotopic (exact) mass is 518 g/mol. The van der Waals surface area contributed by atoms with E-state index in [0.717, 1.165) is 34.4 Å². The van der Waals surface area contributed by atoms with Gasteiger partial charge in [0.25, 0.3) is 0 Å². The maximum absolute atomic E-state index is 13.3. The van der Waals surface area contributed by atoms with Gasteiger partial charge in [-0.1, -0.05) is 60.7 Å². The minimum absolute atomic E-state index is 0. The van der Waals surface area contributed by atoms with Gasteiger partial charge < -0.3 is 27.5 Å². The van der Waals surface area contributed by atoms with E-state index in [4.69, 9.17) is 4.74 Å². The van der Waals surface area contributed by atoms with Crippen molar-refractivity contribution < 1.29 is 78.7 Å². The second kappa shape index (κ2) is 11.1. The Morgan fingerprint density at radius 2 is 1.50 bits per heavy atom. The summed E-state index contributed by atoms with van der Waals surface area (Å²) in [6.45, 7) is -3.69. The van der Waals surface area contributed by atoms with Gasteiger partial charge in [0.1, 0.15) is 12.9 Å². The maximum Gasteiger partial charge on any atom is 1.00 e. The van der Waals surface area contributed by atoms with E-state index in [-0.39, 0.29) is 69.5 Å². The molecule has 0 bridgehead atoms. The number of ether oxygens (including phenoxy) is 1. The molecule has 180 valence electrons. The molecule has 3 aromatic carbocycles. The quantitative estimate of drug-likeness (QED) is 0.381. The first-order valence-corrected chi connectivity index (χ1v) is 11.5. The molecular weight excluding hydrogens is 495 g/mol. The third-order valence-corrected chi connectivity index (χ3v) is 6.72. The van der Waals surface area contributed by atoms with E-state index in [2.05, 4.69) is 24.3 Å². The molecule has 10 heteroatoms. The number of halogens is 3. The van der Waals surface area contributed by atoms with Gasteiger partial charge in [0.05, 0.1) is 0 Å². The second-order valence-corrected chi connectivity index (χ2v) is 8.83. The zero-order chi connectivity index (χ0) is 24.6. The van der Waals surface area contributed by atoms with Gasteiger partial charge in [0.2, 0.25) is 0 Å². The minimum atomic E-state index is -5.22. The van der Waals surface area contributed by atoms with Crippen molar-refractivity contribution in [3.8, 4) is 11.1 Å². The molecule has 1 amide bonds. The first-order chi connectivity index (χ1) is 16.8. The molecule has 0 spiro atoms. The van der Waals surface area contributed by atoms with Crippen molar-refractivity contribution in [2.24, 2.45) is 0 Å². The molecular formula is C26H23BF3KN2O3. The Hall–Kier alpha value is -2.11. The fourth-order valence-corrected chi connectivity index (χ4v) is 4.93. The Labute approximate surface area is 250 Å². The molecule has 0 radical (unpaired) electrons. The molecule has 0 aromatic heterocycles. The number of carbonyl (C=O) groups is 2. The Balaban J connectivity index is 0.00000304. The molecule has 1 aliphatic heterocycles. The summed E-state index contributed by atoms with van der Waals surface area (Å²) >= 11 is 0. The first-order valence-electron chi connectivity index (χ1n) is 11.5. The number of aldehydes is 1. The van der Waals surface area contributed by atoms with Crippen LogP contribution in [0.15, 0.2) is 66.7 Å². The van der Waals surface area contributed by atoms with Gasteiger partial charge in [-0.3, -0.25) is 4.79 Å². The second-order valence-electron chi connectivity index (χ2n) is 8.83. The summed E-state index contributed by atoms with van der Waals surface area (Å²) in [4.78, 5) is 27.3. The van der Waals surface area contributed by atoms with Crippen LogP contribution in [0.2, 0.25) is 0 Å². The summed E-state index contributed by atoms with van der Waals surface area (Å²) in [6.07, 6.45) is -0.0191. The van der Waals surface area contributed by atoms with Crippen molar-refractivity contribution in [1.82, 2.24) is 4.90 Å². The largest absolute Gasteiger partial charge is 1.00 e. The number of benzene rings is 3. The molecule has 0 N–H and O–H groups in total. The Morgan fingerprint density at radius 3 is 2.06 bits per heavy atom. The Kier molecular flexibility index (Phi) is 8.31. The number of piperazine rings is 1. The van der Waals surface area contributed by atoms with Crippen LogP contribution >= 0.6 is 0 Å². The molecule has 36 heavy (non-hydrogen) atoms. The van der Waals surface area contributed by atoms with Crippen LogP contribution in [0.1, 0.15) is 27.4 Å².